The van der Waals surface area contributed by atoms with Gasteiger partial charge in [0.1, 0.15) is 0 Å². The minimum absolute atomic E-state index is 0.176. The molecule has 0 aromatic heterocycles. The molecule has 2 heteroatoms. The van der Waals surface area contributed by atoms with Crippen LogP contribution in [0.4, 0.5) is 0 Å². The molecule has 2 rings (SSSR count). The Labute approximate surface area is 145 Å². The molecule has 0 aromatic rings. The zero-order valence-corrected chi connectivity index (χ0v) is 18.8. The van der Waals surface area contributed by atoms with Gasteiger partial charge in [-0.2, -0.15) is 0 Å². The molecule has 0 fully saturated rings. The molecule has 0 aromatic carbocycles. The zero-order chi connectivity index (χ0) is 16.3. The van der Waals surface area contributed by atoms with E-state index in [-0.39, 0.29) is 5.43 Å². The van der Waals surface area contributed by atoms with E-state index in [0.29, 0.717) is 0 Å². The molecule has 0 spiro atoms. The van der Waals surface area contributed by atoms with Gasteiger partial charge in [-0.15, -0.1) is 0 Å². The van der Waals surface area contributed by atoms with Gasteiger partial charge < -0.3 is 0 Å². The van der Waals surface area contributed by atoms with E-state index in [9.17, 15) is 0 Å². The van der Waals surface area contributed by atoms with Crippen LogP contribution in [0.5, 0.6) is 0 Å². The van der Waals surface area contributed by atoms with Crippen LogP contribution in [0.15, 0.2) is 41.5 Å². The van der Waals surface area contributed by atoms with Crippen LogP contribution in [-0.4, -0.2) is 5.43 Å². The summed E-state index contributed by atoms with van der Waals surface area (Å²) < 4.78 is 3.85. The van der Waals surface area contributed by atoms with E-state index < -0.39 is 20.4 Å². The Morgan fingerprint density at radius 2 is 1.86 bits per heavy atom. The van der Waals surface area contributed by atoms with Crippen molar-refractivity contribution in [3.8, 4) is 0 Å². The molecular weight excluding hydrogens is 360 g/mol. The molecule has 2 aliphatic rings. The fourth-order valence-electron chi connectivity index (χ4n) is 4.20. The van der Waals surface area contributed by atoms with E-state index in [4.69, 9.17) is 0 Å². The third-order valence-electron chi connectivity index (χ3n) is 5.08. The molecule has 0 bridgehead atoms. The first-order valence-corrected chi connectivity index (χ1v) is 17.6. The van der Waals surface area contributed by atoms with E-state index in [1.54, 1.807) is 11.1 Å². The molecule has 2 aliphatic carbocycles. The first-order valence-electron chi connectivity index (χ1n) is 8.99. The van der Waals surface area contributed by atoms with Crippen LogP contribution >= 0.6 is 0 Å². The first-order chi connectivity index (χ1) is 10.5. The molecule has 1 atom stereocenters. The van der Waals surface area contributed by atoms with Crippen molar-refractivity contribution in [2.24, 2.45) is 5.92 Å². The Hall–Kier alpha value is 0.0600. The van der Waals surface area contributed by atoms with Crippen LogP contribution in [-0.2, 0) is 20.4 Å². The molecule has 0 heterocycles. The van der Waals surface area contributed by atoms with Gasteiger partial charge in [0.25, 0.3) is 0 Å². The predicted octanol–water partition coefficient (Wildman–Crippen LogP) is 6.52. The number of hydrogen-bond donors (Lipinski definition) is 0. The fraction of sp³-hybridized carbons (Fsp3) is 0.600. The molecule has 0 nitrogen and oxygen atoms in total. The van der Waals surface area contributed by atoms with Crippen molar-refractivity contribution in [1.29, 1.82) is 0 Å². The van der Waals surface area contributed by atoms with Gasteiger partial charge in [-0.3, -0.25) is 0 Å². The normalized spacial score (nSPS) is 21.0. The second-order valence-electron chi connectivity index (χ2n) is 6.96. The van der Waals surface area contributed by atoms with E-state index in [2.05, 4.69) is 59.0 Å². The topological polar surface area (TPSA) is 0 Å². The summed E-state index contributed by atoms with van der Waals surface area (Å²) in [5.74, 6) is 0.761. The second kappa shape index (κ2) is 8.25. The van der Waals surface area contributed by atoms with Gasteiger partial charge in [0.05, 0.1) is 0 Å². The van der Waals surface area contributed by atoms with Gasteiger partial charge in [-0.25, -0.2) is 0 Å². The van der Waals surface area contributed by atoms with Crippen LogP contribution < -0.4 is 0 Å². The average Bonchev–Trinajstić information content (AvgIpc) is 3.06. The molecular formula is C20H32SiZr. The molecule has 1 unspecified atom stereocenters. The summed E-state index contributed by atoms with van der Waals surface area (Å²) in [6.07, 6.45) is 13.6. The van der Waals surface area contributed by atoms with Crippen LogP contribution in [0.3, 0.4) is 0 Å². The standard InChI is InChI=1S/C13H21.C5H5.C2H6Si.Zr/c1-5-7-12-10(3)9-11(4)13(12)8-6-2;1-2-4-5-3-1;1-3-2;/h10H,5-8H2,1-4H3;1-3H,4H2;1-2H3;. The van der Waals surface area contributed by atoms with Gasteiger partial charge in [-0.05, 0) is 0 Å². The van der Waals surface area contributed by atoms with E-state index >= 15 is 0 Å². The van der Waals surface area contributed by atoms with Gasteiger partial charge >= 0.3 is 146 Å². The van der Waals surface area contributed by atoms with Crippen molar-refractivity contribution in [1.82, 2.24) is 0 Å². The summed E-state index contributed by atoms with van der Waals surface area (Å²) in [6, 6.07) is 0. The SMILES string of the molecule is CCCC1=C(CCC)C(C)[C]([Zr]([C]2=CC=CC2)=[Si](C)C)=C1C. The summed E-state index contributed by atoms with van der Waals surface area (Å²) in [7, 11) is 0. The first kappa shape index (κ1) is 18.4. The van der Waals surface area contributed by atoms with Crippen molar-refractivity contribution < 1.29 is 20.4 Å². The van der Waals surface area contributed by atoms with E-state index in [1.165, 1.54) is 32.1 Å². The summed E-state index contributed by atoms with van der Waals surface area (Å²) in [5.41, 5.74) is 5.14. The van der Waals surface area contributed by atoms with Crippen molar-refractivity contribution >= 4 is 5.43 Å². The molecule has 120 valence electrons. The fourth-order valence-corrected chi connectivity index (χ4v) is 22.6. The van der Waals surface area contributed by atoms with E-state index in [1.807, 2.05) is 12.1 Å². The van der Waals surface area contributed by atoms with Gasteiger partial charge in [-0.1, -0.05) is 0 Å². The Kier molecular flexibility index (Phi) is 6.90. The third-order valence-corrected chi connectivity index (χ3v) is 22.7. The molecule has 0 N–H and O–H groups in total. The summed E-state index contributed by atoms with van der Waals surface area (Å²) in [5, 5.41) is 0. The van der Waals surface area contributed by atoms with Crippen LogP contribution in [0.25, 0.3) is 0 Å². The molecule has 22 heavy (non-hydrogen) atoms. The van der Waals surface area contributed by atoms with Crippen molar-refractivity contribution in [3.63, 3.8) is 0 Å². The quantitative estimate of drug-likeness (QED) is 0.452. The molecule has 0 saturated heterocycles. The average molecular weight is 392 g/mol. The number of rotatable bonds is 6. The number of hydrogen-bond acceptors (Lipinski definition) is 0. The van der Waals surface area contributed by atoms with Gasteiger partial charge in [0.2, 0.25) is 0 Å². The summed E-state index contributed by atoms with van der Waals surface area (Å²) >= 11 is -1.60. The van der Waals surface area contributed by atoms with Crippen molar-refractivity contribution in [2.75, 3.05) is 0 Å². The van der Waals surface area contributed by atoms with Crippen molar-refractivity contribution in [3.05, 3.63) is 41.5 Å². The third kappa shape index (κ3) is 3.59. The molecule has 0 radical (unpaired) electrons. The Bertz CT molecular complexity index is 595. The minimum atomic E-state index is -1.60. The van der Waals surface area contributed by atoms with E-state index in [0.717, 1.165) is 5.92 Å². The molecule has 0 aliphatic heterocycles. The monoisotopic (exact) mass is 390 g/mol. The van der Waals surface area contributed by atoms with Crippen LogP contribution in [0.1, 0.15) is 59.8 Å². The maximum absolute atomic E-state index is 2.59. The maximum atomic E-state index is 2.59. The Morgan fingerprint density at radius 3 is 2.36 bits per heavy atom. The predicted molar refractivity (Wildman–Crippen MR) is 98.0 cm³/mol. The Balaban J connectivity index is 2.49. The van der Waals surface area contributed by atoms with Gasteiger partial charge in [0, 0.05) is 0 Å². The summed E-state index contributed by atoms with van der Waals surface area (Å²) in [6.45, 7) is 14.8. The summed E-state index contributed by atoms with van der Waals surface area (Å²) in [4.78, 5) is 0. The van der Waals surface area contributed by atoms with Crippen molar-refractivity contribution in [2.45, 2.75) is 72.9 Å². The second-order valence-corrected chi connectivity index (χ2v) is 24.0. The number of allylic oxidation sites excluding steroid dienone is 8. The van der Waals surface area contributed by atoms with Crippen LogP contribution in [0, 0.1) is 5.92 Å². The molecule has 0 saturated carbocycles. The Morgan fingerprint density at radius 1 is 1.18 bits per heavy atom. The van der Waals surface area contributed by atoms with Gasteiger partial charge in [0.15, 0.2) is 0 Å². The van der Waals surface area contributed by atoms with Crippen LogP contribution in [0.2, 0.25) is 13.1 Å². The zero-order valence-electron chi connectivity index (χ0n) is 15.3. The molecule has 0 amide bonds.